The lowest BCUT2D eigenvalue weighted by Crippen LogP contribution is -2.24. The Bertz CT molecular complexity index is 757. The zero-order valence-corrected chi connectivity index (χ0v) is 14.4. The normalized spacial score (nSPS) is 12.2. The van der Waals surface area contributed by atoms with Crippen molar-refractivity contribution in [2.45, 2.75) is 40.2 Å². The van der Waals surface area contributed by atoms with Gasteiger partial charge in [-0.1, -0.05) is 0 Å². The lowest BCUT2D eigenvalue weighted by molar-refractivity contribution is -0.118. The van der Waals surface area contributed by atoms with Crippen molar-refractivity contribution in [2.24, 2.45) is 5.73 Å². The van der Waals surface area contributed by atoms with E-state index in [4.69, 9.17) is 10.5 Å². The molecule has 0 aliphatic heterocycles. The number of nitrogens with zero attached hydrogens (tertiary/aromatic N) is 2. The number of aryl methyl sites for hydroxylation is 2. The van der Waals surface area contributed by atoms with Gasteiger partial charge in [0.25, 0.3) is 0 Å². The molecule has 0 unspecified atom stereocenters. The predicted octanol–water partition coefficient (Wildman–Crippen LogP) is 2.16. The van der Waals surface area contributed by atoms with Gasteiger partial charge in [0.1, 0.15) is 21.3 Å². The molecule has 0 aliphatic carbocycles. The van der Waals surface area contributed by atoms with Crippen molar-refractivity contribution in [3.63, 3.8) is 0 Å². The predicted molar refractivity (Wildman–Crippen MR) is 89.7 cm³/mol. The fraction of sp³-hybridized carbons (Fsp3) is 0.467. The number of carbonyl (C=O) groups excluding carboxylic acids is 2. The van der Waals surface area contributed by atoms with Crippen LogP contribution in [0.5, 0.6) is 0 Å². The van der Waals surface area contributed by atoms with E-state index in [0.717, 1.165) is 10.9 Å². The topological polar surface area (TPSA) is 107 Å². The number of carbonyl (C=O) groups is 2. The first kappa shape index (κ1) is 17.1. The van der Waals surface area contributed by atoms with Crippen molar-refractivity contribution in [2.75, 3.05) is 11.9 Å². The molecule has 1 amide bonds. The minimum atomic E-state index is -0.388. The molecular weight excluding hydrogens is 316 g/mol. The molecule has 0 saturated carbocycles. The molecule has 2 aromatic rings. The lowest BCUT2D eigenvalue weighted by Gasteiger charge is -2.14. The summed E-state index contributed by atoms with van der Waals surface area (Å²) in [5, 5.41) is 3.96. The molecule has 2 rings (SSSR count). The number of primary amides is 1. The first-order chi connectivity index (χ1) is 10.8. The summed E-state index contributed by atoms with van der Waals surface area (Å²) in [7, 11) is 0. The molecule has 1 atom stereocenters. The van der Waals surface area contributed by atoms with Crippen LogP contribution in [-0.4, -0.2) is 34.5 Å². The maximum absolute atomic E-state index is 12.1. The van der Waals surface area contributed by atoms with Crippen molar-refractivity contribution in [1.82, 2.24) is 9.97 Å². The van der Waals surface area contributed by atoms with Gasteiger partial charge in [-0.15, -0.1) is 11.3 Å². The lowest BCUT2D eigenvalue weighted by atomic mass is 10.1. The Hall–Kier alpha value is -2.22. The number of nitrogens with one attached hydrogen (secondary N) is 1. The van der Waals surface area contributed by atoms with Gasteiger partial charge in [0.2, 0.25) is 5.91 Å². The highest BCUT2D eigenvalue weighted by atomic mass is 32.1. The summed E-state index contributed by atoms with van der Waals surface area (Å²) in [6.07, 6.45) is 0.193. The molecule has 0 spiro atoms. The van der Waals surface area contributed by atoms with Gasteiger partial charge in [-0.2, -0.15) is 0 Å². The number of rotatable bonds is 6. The van der Waals surface area contributed by atoms with Crippen molar-refractivity contribution in [3.05, 3.63) is 16.3 Å². The maximum Gasteiger partial charge on any atom is 0.348 e. The van der Waals surface area contributed by atoms with Crippen molar-refractivity contribution >= 4 is 39.2 Å². The molecule has 0 fully saturated rings. The Kier molecular flexibility index (Phi) is 5.15. The van der Waals surface area contributed by atoms with Crippen LogP contribution < -0.4 is 11.1 Å². The third-order valence-electron chi connectivity index (χ3n) is 3.25. The highest BCUT2D eigenvalue weighted by Gasteiger charge is 2.21. The molecule has 2 heterocycles. The minimum absolute atomic E-state index is 0.171. The standard InChI is InChI=1S/C15H20N4O3S/c1-5-22-15(21)12-8(3)11-13(17-7(2)6-10(16)20)18-9(4)19-14(11)23-12/h7H,5-6H2,1-4H3,(H2,16,20)(H,17,18,19)/t7-/m1/s1. The molecule has 23 heavy (non-hydrogen) atoms. The summed E-state index contributed by atoms with van der Waals surface area (Å²) in [5.41, 5.74) is 6.00. The summed E-state index contributed by atoms with van der Waals surface area (Å²) in [4.78, 5) is 33.2. The smallest absolute Gasteiger partial charge is 0.348 e. The molecule has 0 saturated heterocycles. The second kappa shape index (κ2) is 6.91. The summed E-state index contributed by atoms with van der Waals surface area (Å²) >= 11 is 1.28. The van der Waals surface area contributed by atoms with E-state index < -0.39 is 0 Å². The third-order valence-corrected chi connectivity index (χ3v) is 4.42. The zero-order valence-electron chi connectivity index (χ0n) is 13.6. The van der Waals surface area contributed by atoms with Crippen LogP contribution in [0.1, 0.15) is 41.3 Å². The second-order valence-electron chi connectivity index (χ2n) is 5.29. The number of anilines is 1. The quantitative estimate of drug-likeness (QED) is 0.783. The van der Waals surface area contributed by atoms with Crippen LogP contribution in [0.4, 0.5) is 5.82 Å². The van der Waals surface area contributed by atoms with Gasteiger partial charge >= 0.3 is 5.97 Å². The van der Waals surface area contributed by atoms with Crippen LogP contribution in [0.15, 0.2) is 0 Å². The van der Waals surface area contributed by atoms with Gasteiger partial charge in [0, 0.05) is 12.5 Å². The molecule has 0 aromatic carbocycles. The van der Waals surface area contributed by atoms with Gasteiger partial charge < -0.3 is 15.8 Å². The van der Waals surface area contributed by atoms with E-state index >= 15 is 0 Å². The van der Waals surface area contributed by atoms with Crippen molar-refractivity contribution in [3.8, 4) is 0 Å². The van der Waals surface area contributed by atoms with Gasteiger partial charge in [0.15, 0.2) is 0 Å². The number of nitrogens with two attached hydrogens (primary N) is 1. The number of hydrogen-bond acceptors (Lipinski definition) is 7. The average molecular weight is 336 g/mol. The van der Waals surface area contributed by atoms with Gasteiger partial charge in [0.05, 0.1) is 12.0 Å². The first-order valence-electron chi connectivity index (χ1n) is 7.33. The molecule has 0 bridgehead atoms. The highest BCUT2D eigenvalue weighted by Crippen LogP contribution is 2.34. The number of aromatic nitrogens is 2. The van der Waals surface area contributed by atoms with E-state index in [2.05, 4.69) is 15.3 Å². The largest absolute Gasteiger partial charge is 0.462 e. The van der Waals surface area contributed by atoms with E-state index in [1.807, 2.05) is 13.8 Å². The van der Waals surface area contributed by atoms with Crippen LogP contribution in [0.2, 0.25) is 0 Å². The van der Waals surface area contributed by atoms with Crippen LogP contribution >= 0.6 is 11.3 Å². The SMILES string of the molecule is CCOC(=O)c1sc2nc(C)nc(N[C@H](C)CC(N)=O)c2c1C. The van der Waals surface area contributed by atoms with Crippen LogP contribution in [0.25, 0.3) is 10.2 Å². The minimum Gasteiger partial charge on any atom is -0.462 e. The maximum atomic E-state index is 12.1. The fourth-order valence-electron chi connectivity index (χ4n) is 2.33. The molecule has 0 radical (unpaired) electrons. The second-order valence-corrected chi connectivity index (χ2v) is 6.29. The van der Waals surface area contributed by atoms with E-state index in [1.54, 1.807) is 13.8 Å². The van der Waals surface area contributed by atoms with Crippen molar-refractivity contribution in [1.29, 1.82) is 0 Å². The number of esters is 1. The fourth-order valence-corrected chi connectivity index (χ4v) is 3.45. The van der Waals surface area contributed by atoms with Crippen LogP contribution in [-0.2, 0) is 9.53 Å². The molecule has 8 heteroatoms. The van der Waals surface area contributed by atoms with Crippen LogP contribution in [0.3, 0.4) is 0 Å². The number of hydrogen-bond donors (Lipinski definition) is 2. The monoisotopic (exact) mass is 336 g/mol. The number of fused-ring (bicyclic) bond motifs is 1. The Morgan fingerprint density at radius 2 is 2.04 bits per heavy atom. The summed E-state index contributed by atoms with van der Waals surface area (Å²) in [5.74, 6) is 0.441. The Morgan fingerprint density at radius 3 is 2.65 bits per heavy atom. The summed E-state index contributed by atoms with van der Waals surface area (Å²) in [6, 6.07) is -0.171. The van der Waals surface area contributed by atoms with Gasteiger partial charge in [-0.3, -0.25) is 4.79 Å². The molecule has 7 nitrogen and oxygen atoms in total. The highest BCUT2D eigenvalue weighted by molar-refractivity contribution is 7.20. The molecule has 124 valence electrons. The van der Waals surface area contributed by atoms with E-state index in [1.165, 1.54) is 11.3 Å². The van der Waals surface area contributed by atoms with E-state index in [-0.39, 0.29) is 24.3 Å². The number of amides is 1. The zero-order chi connectivity index (χ0) is 17.1. The number of thiophene rings is 1. The van der Waals surface area contributed by atoms with Crippen molar-refractivity contribution < 1.29 is 14.3 Å². The van der Waals surface area contributed by atoms with E-state index in [9.17, 15) is 9.59 Å². The Morgan fingerprint density at radius 1 is 1.35 bits per heavy atom. The molecule has 2 aromatic heterocycles. The average Bonchev–Trinajstić information content (AvgIpc) is 2.75. The summed E-state index contributed by atoms with van der Waals surface area (Å²) in [6.45, 7) is 7.55. The van der Waals surface area contributed by atoms with Gasteiger partial charge in [-0.25, -0.2) is 14.8 Å². The summed E-state index contributed by atoms with van der Waals surface area (Å²) < 4.78 is 5.08. The Balaban J connectivity index is 2.48. The van der Waals surface area contributed by atoms with Gasteiger partial charge in [-0.05, 0) is 33.3 Å². The first-order valence-corrected chi connectivity index (χ1v) is 8.14. The molecular formula is C15H20N4O3S. The Labute approximate surface area is 138 Å². The molecule has 3 N–H and O–H groups in total. The third kappa shape index (κ3) is 3.76. The molecule has 0 aliphatic rings. The van der Waals surface area contributed by atoms with Crippen LogP contribution in [0, 0.1) is 13.8 Å². The number of ether oxygens (including phenoxy) is 1. The van der Waals surface area contributed by atoms with E-state index in [0.29, 0.717) is 28.0 Å².